The Kier molecular flexibility index (Phi) is 6.63. The zero-order valence-electron chi connectivity index (χ0n) is 18.7. The molecule has 33 heavy (non-hydrogen) atoms. The summed E-state index contributed by atoms with van der Waals surface area (Å²) in [6, 6.07) is 22.3. The molecule has 1 aromatic heterocycles. The topological polar surface area (TPSA) is 55.2 Å². The Morgan fingerprint density at radius 1 is 1.00 bits per heavy atom. The third-order valence-corrected chi connectivity index (χ3v) is 5.75. The van der Waals surface area contributed by atoms with E-state index in [4.69, 9.17) is 4.98 Å². The van der Waals surface area contributed by atoms with E-state index in [2.05, 4.69) is 0 Å². The summed E-state index contributed by atoms with van der Waals surface area (Å²) in [7, 11) is 0. The van der Waals surface area contributed by atoms with E-state index >= 15 is 0 Å². The molecule has 0 aliphatic rings. The number of carbonyl (C=O) groups excluding carboxylic acids is 1. The molecule has 0 aliphatic heterocycles. The van der Waals surface area contributed by atoms with Gasteiger partial charge in [-0.3, -0.25) is 14.2 Å². The zero-order valence-corrected chi connectivity index (χ0v) is 18.7. The molecular weight excluding hydrogens is 417 g/mol. The fourth-order valence-electron chi connectivity index (χ4n) is 4.06. The summed E-state index contributed by atoms with van der Waals surface area (Å²) >= 11 is 0. The predicted molar refractivity (Wildman–Crippen MR) is 128 cm³/mol. The van der Waals surface area contributed by atoms with Gasteiger partial charge in [0.15, 0.2) is 0 Å². The quantitative estimate of drug-likeness (QED) is 0.395. The first-order chi connectivity index (χ1) is 16.0. The Hall–Kier alpha value is -3.80. The van der Waals surface area contributed by atoms with Crippen LogP contribution in [0.5, 0.6) is 0 Å². The van der Waals surface area contributed by atoms with Crippen molar-refractivity contribution in [3.8, 4) is 0 Å². The highest BCUT2D eigenvalue weighted by atomic mass is 19.1. The normalized spacial score (nSPS) is 12.0. The van der Waals surface area contributed by atoms with Crippen molar-refractivity contribution in [3.05, 3.63) is 112 Å². The maximum absolute atomic E-state index is 14.4. The fourth-order valence-corrected chi connectivity index (χ4v) is 4.06. The molecule has 0 aliphatic carbocycles. The number of hydrogen-bond donors (Lipinski definition) is 0. The maximum atomic E-state index is 14.4. The van der Waals surface area contributed by atoms with Gasteiger partial charge < -0.3 is 4.90 Å². The van der Waals surface area contributed by atoms with Crippen LogP contribution in [0, 0.1) is 5.82 Å². The second kappa shape index (κ2) is 9.77. The molecule has 1 amide bonds. The van der Waals surface area contributed by atoms with Crippen molar-refractivity contribution in [1.82, 2.24) is 14.5 Å². The summed E-state index contributed by atoms with van der Waals surface area (Å²) in [5.74, 6) is -0.513. The number of aromatic nitrogens is 2. The summed E-state index contributed by atoms with van der Waals surface area (Å²) in [6.07, 6.45) is 0.682. The van der Waals surface area contributed by atoms with Gasteiger partial charge in [0, 0.05) is 6.54 Å². The highest BCUT2D eigenvalue weighted by Gasteiger charge is 2.28. The molecule has 5 nitrogen and oxygen atoms in total. The molecule has 0 saturated carbocycles. The van der Waals surface area contributed by atoms with Gasteiger partial charge in [-0.1, -0.05) is 61.5 Å². The Morgan fingerprint density at radius 2 is 1.67 bits per heavy atom. The van der Waals surface area contributed by atoms with Crippen molar-refractivity contribution >= 4 is 16.8 Å². The summed E-state index contributed by atoms with van der Waals surface area (Å²) in [4.78, 5) is 33.3. The Bertz CT molecular complexity index is 1330. The molecule has 0 spiro atoms. The van der Waals surface area contributed by atoms with Crippen LogP contribution in [0.3, 0.4) is 0 Å². The Morgan fingerprint density at radius 3 is 2.39 bits per heavy atom. The highest BCUT2D eigenvalue weighted by Crippen LogP contribution is 2.24. The van der Waals surface area contributed by atoms with E-state index in [9.17, 15) is 14.0 Å². The zero-order chi connectivity index (χ0) is 23.4. The molecule has 0 fully saturated rings. The SMILES string of the molecule is CCCN(C(=O)c1ccccc1F)C(C)c1nc2ccccc2c(=O)n1Cc1ccccc1. The van der Waals surface area contributed by atoms with Crippen LogP contribution in [0.4, 0.5) is 4.39 Å². The largest absolute Gasteiger partial charge is 0.329 e. The summed E-state index contributed by atoms with van der Waals surface area (Å²) < 4.78 is 16.1. The average Bonchev–Trinajstić information content (AvgIpc) is 2.84. The van der Waals surface area contributed by atoms with Crippen molar-refractivity contribution in [2.24, 2.45) is 0 Å². The monoisotopic (exact) mass is 443 g/mol. The first-order valence-electron chi connectivity index (χ1n) is 11.1. The highest BCUT2D eigenvalue weighted by molar-refractivity contribution is 5.94. The lowest BCUT2D eigenvalue weighted by Crippen LogP contribution is -2.38. The second-order valence-electron chi connectivity index (χ2n) is 8.02. The minimum atomic E-state index is -0.566. The van der Waals surface area contributed by atoms with Gasteiger partial charge in [-0.05, 0) is 43.2 Å². The van der Waals surface area contributed by atoms with Crippen LogP contribution in [0.25, 0.3) is 10.9 Å². The van der Waals surface area contributed by atoms with Gasteiger partial charge in [-0.15, -0.1) is 0 Å². The number of rotatable bonds is 7. The summed E-state index contributed by atoms with van der Waals surface area (Å²) in [6.45, 7) is 4.53. The Labute approximate surface area is 192 Å². The first-order valence-corrected chi connectivity index (χ1v) is 11.1. The standard InChI is InChI=1S/C27H26FN3O2/c1-3-17-30(26(32)21-13-7-9-15-23(21)28)19(2)25-29-24-16-10-8-14-22(24)27(33)31(25)18-20-11-5-4-6-12-20/h4-16,19H,3,17-18H2,1-2H3. The van der Waals surface area contributed by atoms with Crippen molar-refractivity contribution in [2.75, 3.05) is 6.54 Å². The number of nitrogens with zero attached hydrogens (tertiary/aromatic N) is 3. The van der Waals surface area contributed by atoms with E-state index < -0.39 is 17.8 Å². The van der Waals surface area contributed by atoms with Crippen LogP contribution in [0.2, 0.25) is 0 Å². The van der Waals surface area contributed by atoms with Crippen LogP contribution < -0.4 is 5.56 Å². The smallest absolute Gasteiger partial charge is 0.261 e. The van der Waals surface area contributed by atoms with Gasteiger partial charge in [0.25, 0.3) is 11.5 Å². The van der Waals surface area contributed by atoms with E-state index in [0.717, 1.165) is 5.56 Å². The lowest BCUT2D eigenvalue weighted by molar-refractivity contribution is 0.0674. The van der Waals surface area contributed by atoms with E-state index in [-0.39, 0.29) is 11.1 Å². The Balaban J connectivity index is 1.85. The first kappa shape index (κ1) is 22.4. The van der Waals surface area contributed by atoms with E-state index in [1.165, 1.54) is 12.1 Å². The minimum absolute atomic E-state index is 0.00976. The number of para-hydroxylation sites is 1. The van der Waals surface area contributed by atoms with Crippen molar-refractivity contribution in [1.29, 1.82) is 0 Å². The second-order valence-corrected chi connectivity index (χ2v) is 8.02. The van der Waals surface area contributed by atoms with E-state index in [0.29, 0.717) is 36.2 Å². The molecule has 1 unspecified atom stereocenters. The van der Waals surface area contributed by atoms with Crippen molar-refractivity contribution in [3.63, 3.8) is 0 Å². The van der Waals surface area contributed by atoms with Crippen LogP contribution in [0.15, 0.2) is 83.7 Å². The van der Waals surface area contributed by atoms with Gasteiger partial charge in [0.05, 0.1) is 29.1 Å². The predicted octanol–water partition coefficient (Wildman–Crippen LogP) is 5.20. The van der Waals surface area contributed by atoms with Crippen LogP contribution in [0.1, 0.15) is 48.1 Å². The van der Waals surface area contributed by atoms with Crippen LogP contribution in [-0.4, -0.2) is 26.9 Å². The van der Waals surface area contributed by atoms with Gasteiger partial charge in [0.1, 0.15) is 11.6 Å². The van der Waals surface area contributed by atoms with Gasteiger partial charge in [-0.25, -0.2) is 9.37 Å². The minimum Gasteiger partial charge on any atom is -0.329 e. The van der Waals surface area contributed by atoms with Gasteiger partial charge in [0.2, 0.25) is 0 Å². The van der Waals surface area contributed by atoms with Crippen molar-refractivity contribution < 1.29 is 9.18 Å². The molecule has 4 rings (SSSR count). The van der Waals surface area contributed by atoms with Crippen LogP contribution in [-0.2, 0) is 6.54 Å². The maximum Gasteiger partial charge on any atom is 0.261 e. The molecule has 1 heterocycles. The average molecular weight is 444 g/mol. The summed E-state index contributed by atoms with van der Waals surface area (Å²) in [5, 5.41) is 0.520. The molecule has 3 aromatic carbocycles. The molecule has 168 valence electrons. The van der Waals surface area contributed by atoms with Gasteiger partial charge >= 0.3 is 0 Å². The van der Waals surface area contributed by atoms with Gasteiger partial charge in [-0.2, -0.15) is 0 Å². The lowest BCUT2D eigenvalue weighted by Gasteiger charge is -2.30. The van der Waals surface area contributed by atoms with E-state index in [1.54, 1.807) is 33.7 Å². The third-order valence-electron chi connectivity index (χ3n) is 5.75. The molecule has 6 heteroatoms. The molecule has 1 atom stereocenters. The molecule has 0 N–H and O–H groups in total. The number of benzene rings is 3. The lowest BCUT2D eigenvalue weighted by atomic mass is 10.1. The van der Waals surface area contributed by atoms with E-state index in [1.807, 2.05) is 56.3 Å². The molecule has 0 radical (unpaired) electrons. The third kappa shape index (κ3) is 4.55. The number of halogens is 1. The number of fused-ring (bicyclic) bond motifs is 1. The molecule has 0 saturated heterocycles. The molecule has 0 bridgehead atoms. The van der Waals surface area contributed by atoms with Crippen LogP contribution >= 0.6 is 0 Å². The fraction of sp³-hybridized carbons (Fsp3) is 0.222. The number of amides is 1. The molecule has 4 aromatic rings. The number of carbonyl (C=O) groups is 1. The van der Waals surface area contributed by atoms with Crippen molar-refractivity contribution in [2.45, 2.75) is 32.9 Å². The molecular formula is C27H26FN3O2. The number of hydrogen-bond acceptors (Lipinski definition) is 3. The summed E-state index contributed by atoms with van der Waals surface area (Å²) in [5.41, 5.74) is 1.37.